The van der Waals surface area contributed by atoms with Crippen molar-refractivity contribution in [2.75, 3.05) is 13.1 Å². The van der Waals surface area contributed by atoms with Crippen molar-refractivity contribution in [1.29, 1.82) is 0 Å². The summed E-state index contributed by atoms with van der Waals surface area (Å²) >= 11 is 11.9. The highest BCUT2D eigenvalue weighted by molar-refractivity contribution is 6.35. The molecule has 3 amide bonds. The molecule has 1 aliphatic carbocycles. The van der Waals surface area contributed by atoms with Gasteiger partial charge < -0.3 is 15.5 Å². The minimum absolute atomic E-state index is 0.193. The average Bonchev–Trinajstić information content (AvgIpc) is 3.21. The van der Waals surface area contributed by atoms with Gasteiger partial charge in [0.05, 0.1) is 0 Å². The molecule has 0 radical (unpaired) electrons. The maximum atomic E-state index is 12.2. The van der Waals surface area contributed by atoms with Gasteiger partial charge in [-0.3, -0.25) is 4.79 Å². The third-order valence-corrected chi connectivity index (χ3v) is 5.60. The van der Waals surface area contributed by atoms with Crippen molar-refractivity contribution in [3.05, 3.63) is 33.8 Å². The zero-order valence-electron chi connectivity index (χ0n) is 14.1. The van der Waals surface area contributed by atoms with Crippen LogP contribution in [0.1, 0.15) is 37.7 Å². The van der Waals surface area contributed by atoms with Gasteiger partial charge in [0.1, 0.15) is 0 Å². The Labute approximate surface area is 158 Å². The lowest BCUT2D eigenvalue weighted by atomic mass is 10.1. The van der Waals surface area contributed by atoms with Crippen molar-refractivity contribution in [3.63, 3.8) is 0 Å². The van der Waals surface area contributed by atoms with Gasteiger partial charge in [-0.25, -0.2) is 4.79 Å². The molecule has 136 valence electrons. The number of nitrogens with zero attached hydrogens (tertiary/aromatic N) is 1. The molecule has 1 aliphatic heterocycles. The van der Waals surface area contributed by atoms with Crippen molar-refractivity contribution in [2.45, 2.75) is 44.7 Å². The summed E-state index contributed by atoms with van der Waals surface area (Å²) in [5, 5.41) is 6.74. The molecule has 7 heteroatoms. The molecule has 1 saturated heterocycles. The van der Waals surface area contributed by atoms with E-state index in [4.69, 9.17) is 23.2 Å². The number of urea groups is 1. The van der Waals surface area contributed by atoms with Crippen LogP contribution in [0.3, 0.4) is 0 Å². The fourth-order valence-electron chi connectivity index (χ4n) is 3.65. The predicted octanol–water partition coefficient (Wildman–Crippen LogP) is 3.58. The van der Waals surface area contributed by atoms with E-state index in [1.165, 1.54) is 12.8 Å². The maximum Gasteiger partial charge on any atom is 0.315 e. The summed E-state index contributed by atoms with van der Waals surface area (Å²) < 4.78 is 0. The molecule has 2 aliphatic rings. The quantitative estimate of drug-likeness (QED) is 0.815. The lowest BCUT2D eigenvalue weighted by Crippen LogP contribution is -2.39. The third-order valence-electron chi connectivity index (χ3n) is 5.01. The molecule has 1 aromatic rings. The second-order valence-electron chi connectivity index (χ2n) is 6.85. The van der Waals surface area contributed by atoms with E-state index < -0.39 is 0 Å². The molecule has 3 rings (SSSR count). The van der Waals surface area contributed by atoms with Crippen LogP contribution >= 0.6 is 23.2 Å². The number of likely N-dealkylation sites (tertiary alicyclic amines) is 1. The Bertz CT molecular complexity index is 647. The fraction of sp³-hybridized carbons (Fsp3) is 0.556. The zero-order valence-corrected chi connectivity index (χ0v) is 15.6. The monoisotopic (exact) mass is 383 g/mol. The van der Waals surface area contributed by atoms with Crippen LogP contribution in [0.15, 0.2) is 18.2 Å². The molecular formula is C18H23Cl2N3O2. The summed E-state index contributed by atoms with van der Waals surface area (Å²) in [7, 11) is 0. The van der Waals surface area contributed by atoms with Gasteiger partial charge in [-0.1, -0.05) is 42.1 Å². The van der Waals surface area contributed by atoms with E-state index in [0.29, 0.717) is 35.6 Å². The van der Waals surface area contributed by atoms with Gasteiger partial charge in [-0.05, 0) is 30.5 Å². The summed E-state index contributed by atoms with van der Waals surface area (Å²) in [6.45, 7) is 1.60. The lowest BCUT2D eigenvalue weighted by molar-refractivity contribution is -0.129. The minimum atomic E-state index is -0.252. The lowest BCUT2D eigenvalue weighted by Gasteiger charge is -2.24. The van der Waals surface area contributed by atoms with Gasteiger partial charge in [-0.2, -0.15) is 0 Å². The van der Waals surface area contributed by atoms with E-state index in [0.717, 1.165) is 24.9 Å². The largest absolute Gasteiger partial charge is 0.339 e. The van der Waals surface area contributed by atoms with Crippen LogP contribution in [0.4, 0.5) is 4.79 Å². The van der Waals surface area contributed by atoms with Crippen molar-refractivity contribution >= 4 is 35.1 Å². The highest BCUT2D eigenvalue weighted by Crippen LogP contribution is 2.29. The van der Waals surface area contributed by atoms with Crippen LogP contribution in [0.25, 0.3) is 0 Å². The van der Waals surface area contributed by atoms with Crippen LogP contribution in [0.2, 0.25) is 10.0 Å². The van der Waals surface area contributed by atoms with Crippen molar-refractivity contribution in [2.24, 2.45) is 5.92 Å². The molecule has 0 bridgehead atoms. The minimum Gasteiger partial charge on any atom is -0.339 e. The van der Waals surface area contributed by atoms with Crippen LogP contribution in [0, 0.1) is 5.92 Å². The second-order valence-corrected chi connectivity index (χ2v) is 7.70. The Balaban J connectivity index is 1.41. The Hall–Kier alpha value is -1.46. The van der Waals surface area contributed by atoms with Crippen molar-refractivity contribution in [3.8, 4) is 0 Å². The first-order valence-corrected chi connectivity index (χ1v) is 9.53. The Kier molecular flexibility index (Phi) is 6.07. The summed E-state index contributed by atoms with van der Waals surface area (Å²) in [5.74, 6) is 0.421. The Morgan fingerprint density at radius 1 is 1.20 bits per heavy atom. The Morgan fingerprint density at radius 3 is 2.68 bits per heavy atom. The predicted molar refractivity (Wildman–Crippen MR) is 98.8 cm³/mol. The van der Waals surface area contributed by atoms with Gasteiger partial charge in [0.2, 0.25) is 5.91 Å². The van der Waals surface area contributed by atoms with Gasteiger partial charge in [0, 0.05) is 48.1 Å². The summed E-state index contributed by atoms with van der Waals surface area (Å²) in [4.78, 5) is 26.2. The number of rotatable bonds is 5. The normalized spacial score (nSPS) is 21.0. The molecule has 1 atom stereocenters. The van der Waals surface area contributed by atoms with E-state index in [1.54, 1.807) is 18.2 Å². The van der Waals surface area contributed by atoms with Gasteiger partial charge in [0.15, 0.2) is 0 Å². The number of amides is 3. The number of carbonyl (C=O) groups is 2. The van der Waals surface area contributed by atoms with Crippen LogP contribution in [0.5, 0.6) is 0 Å². The summed E-state index contributed by atoms with van der Waals surface area (Å²) in [6.07, 6.45) is 5.20. The molecule has 1 heterocycles. The second kappa shape index (κ2) is 8.28. The number of carbonyl (C=O) groups excluding carboxylic acids is 2. The van der Waals surface area contributed by atoms with Crippen LogP contribution < -0.4 is 10.6 Å². The first-order chi connectivity index (χ1) is 12.0. The average molecular weight is 384 g/mol. The van der Waals surface area contributed by atoms with E-state index >= 15 is 0 Å². The van der Waals surface area contributed by atoms with Gasteiger partial charge in [0.25, 0.3) is 0 Å². The van der Waals surface area contributed by atoms with E-state index in [2.05, 4.69) is 10.6 Å². The topological polar surface area (TPSA) is 61.4 Å². The number of hydrogen-bond acceptors (Lipinski definition) is 2. The highest BCUT2D eigenvalue weighted by atomic mass is 35.5. The molecular weight excluding hydrogens is 361 g/mol. The zero-order chi connectivity index (χ0) is 17.8. The van der Waals surface area contributed by atoms with E-state index in [9.17, 15) is 9.59 Å². The smallest absolute Gasteiger partial charge is 0.315 e. The first kappa shape index (κ1) is 18.3. The number of benzene rings is 1. The van der Waals surface area contributed by atoms with Crippen LogP contribution in [-0.2, 0) is 11.3 Å². The number of hydrogen-bond donors (Lipinski definition) is 2. The maximum absolute atomic E-state index is 12.2. The molecule has 1 saturated carbocycles. The molecule has 2 fully saturated rings. The molecule has 1 aromatic carbocycles. The van der Waals surface area contributed by atoms with E-state index in [-0.39, 0.29) is 17.9 Å². The molecule has 1 unspecified atom stereocenters. The number of halogens is 2. The molecule has 0 spiro atoms. The number of nitrogens with one attached hydrogen (secondary N) is 2. The van der Waals surface area contributed by atoms with E-state index in [1.807, 2.05) is 4.90 Å². The van der Waals surface area contributed by atoms with Gasteiger partial charge >= 0.3 is 6.03 Å². The molecule has 25 heavy (non-hydrogen) atoms. The highest BCUT2D eigenvalue weighted by Gasteiger charge is 2.35. The van der Waals surface area contributed by atoms with Crippen molar-refractivity contribution in [1.82, 2.24) is 15.5 Å². The molecule has 5 nitrogen and oxygen atoms in total. The Morgan fingerprint density at radius 2 is 1.96 bits per heavy atom. The first-order valence-electron chi connectivity index (χ1n) is 8.78. The third kappa shape index (κ3) is 4.79. The van der Waals surface area contributed by atoms with Gasteiger partial charge in [-0.15, -0.1) is 0 Å². The van der Waals surface area contributed by atoms with Crippen LogP contribution in [-0.4, -0.2) is 36.0 Å². The SMILES string of the molecule is O=C(NCc1ccc(Cl)cc1Cl)NCC1CC(=O)N(C2CCCC2)C1. The summed E-state index contributed by atoms with van der Waals surface area (Å²) in [5.41, 5.74) is 0.810. The molecule has 2 N–H and O–H groups in total. The molecule has 0 aromatic heterocycles. The van der Waals surface area contributed by atoms with Crippen molar-refractivity contribution < 1.29 is 9.59 Å². The standard InChI is InChI=1S/C18H23Cl2N3O2/c19-14-6-5-13(16(20)8-14)10-22-18(25)21-9-12-7-17(24)23(11-12)15-3-1-2-4-15/h5-6,8,12,15H,1-4,7,9-11H2,(H2,21,22,25). The fourth-order valence-corrected chi connectivity index (χ4v) is 4.13. The summed E-state index contributed by atoms with van der Waals surface area (Å²) in [6, 6.07) is 5.35.